The van der Waals surface area contributed by atoms with Gasteiger partial charge in [-0.3, -0.25) is 0 Å². The molecule has 1 aromatic heterocycles. The number of nitrogens with zero attached hydrogens (tertiary/aromatic N) is 1. The van der Waals surface area contributed by atoms with Gasteiger partial charge in [0.1, 0.15) is 0 Å². The van der Waals surface area contributed by atoms with Crippen LogP contribution in [0.15, 0.2) is 10.4 Å². The Hall–Kier alpha value is -0.500. The largest absolute Gasteiger partial charge is 0.313 e. The summed E-state index contributed by atoms with van der Waals surface area (Å²) in [4.78, 5) is 3.92. The van der Waals surface area contributed by atoms with Crippen molar-refractivity contribution in [1.82, 2.24) is 15.0 Å². The van der Waals surface area contributed by atoms with Crippen LogP contribution in [-0.4, -0.2) is 32.5 Å². The molecule has 1 heterocycles. The first kappa shape index (κ1) is 13.6. The van der Waals surface area contributed by atoms with Crippen LogP contribution in [0.25, 0.3) is 0 Å². The molecule has 0 atom stereocenters. The fraction of sp³-hybridized carbons (Fsp3) is 0.667. The lowest BCUT2D eigenvalue weighted by atomic mass is 10.4. The van der Waals surface area contributed by atoms with E-state index in [0.29, 0.717) is 19.1 Å². The molecule has 5 nitrogen and oxygen atoms in total. The van der Waals surface area contributed by atoms with Gasteiger partial charge >= 0.3 is 0 Å². The minimum absolute atomic E-state index is 0.273. The van der Waals surface area contributed by atoms with Gasteiger partial charge in [0.2, 0.25) is 0 Å². The highest BCUT2D eigenvalue weighted by atomic mass is 32.2. The van der Waals surface area contributed by atoms with Gasteiger partial charge in [-0.05, 0) is 6.92 Å². The summed E-state index contributed by atoms with van der Waals surface area (Å²) in [6.45, 7) is 6.82. The summed E-state index contributed by atoms with van der Waals surface area (Å²) in [5.74, 6) is 0. The standard InChI is InChI=1S/C9H17N3O2S2/c1-7(2)10-4-5-12-16(13,14)9-6-11-8(3)15-9/h6-7,10,12H,4-5H2,1-3H3. The van der Waals surface area contributed by atoms with Gasteiger partial charge in [-0.2, -0.15) is 0 Å². The lowest BCUT2D eigenvalue weighted by molar-refractivity contribution is 0.561. The third-order valence-electron chi connectivity index (χ3n) is 1.83. The van der Waals surface area contributed by atoms with E-state index in [-0.39, 0.29) is 4.21 Å². The Morgan fingerprint density at radius 1 is 1.44 bits per heavy atom. The van der Waals surface area contributed by atoms with Crippen molar-refractivity contribution in [3.8, 4) is 0 Å². The number of rotatable bonds is 6. The predicted molar refractivity (Wildman–Crippen MR) is 65.2 cm³/mol. The molecule has 2 N–H and O–H groups in total. The fourth-order valence-corrected chi connectivity index (χ4v) is 3.27. The molecule has 0 saturated carbocycles. The number of aryl methyl sites for hydroxylation is 1. The lowest BCUT2D eigenvalue weighted by Gasteiger charge is -2.08. The van der Waals surface area contributed by atoms with Crippen molar-refractivity contribution in [2.75, 3.05) is 13.1 Å². The molecule has 7 heteroatoms. The quantitative estimate of drug-likeness (QED) is 0.742. The van der Waals surface area contributed by atoms with E-state index >= 15 is 0 Å². The fourth-order valence-electron chi connectivity index (χ4n) is 1.08. The van der Waals surface area contributed by atoms with Crippen molar-refractivity contribution in [1.29, 1.82) is 0 Å². The zero-order chi connectivity index (χ0) is 12.2. The van der Waals surface area contributed by atoms with Crippen LogP contribution in [0, 0.1) is 6.92 Å². The van der Waals surface area contributed by atoms with Crippen LogP contribution in [0.1, 0.15) is 18.9 Å². The molecule has 92 valence electrons. The van der Waals surface area contributed by atoms with E-state index in [1.165, 1.54) is 17.5 Å². The molecule has 1 aromatic rings. The second-order valence-electron chi connectivity index (χ2n) is 3.70. The van der Waals surface area contributed by atoms with Gasteiger partial charge in [-0.25, -0.2) is 18.1 Å². The third-order valence-corrected chi connectivity index (χ3v) is 4.67. The van der Waals surface area contributed by atoms with E-state index in [0.717, 1.165) is 5.01 Å². The zero-order valence-corrected chi connectivity index (χ0v) is 11.3. The normalized spacial score (nSPS) is 12.2. The first-order chi connectivity index (χ1) is 7.42. The molecule has 0 spiro atoms. The Morgan fingerprint density at radius 3 is 2.62 bits per heavy atom. The maximum Gasteiger partial charge on any atom is 0.251 e. The molecule has 0 aliphatic heterocycles. The molecular weight excluding hydrogens is 246 g/mol. The second kappa shape index (κ2) is 5.72. The van der Waals surface area contributed by atoms with E-state index in [9.17, 15) is 8.42 Å². The molecule has 0 radical (unpaired) electrons. The molecule has 0 aromatic carbocycles. The summed E-state index contributed by atoms with van der Waals surface area (Å²) in [5, 5.41) is 3.89. The van der Waals surface area contributed by atoms with Gasteiger partial charge in [-0.15, -0.1) is 11.3 Å². The van der Waals surface area contributed by atoms with E-state index in [2.05, 4.69) is 15.0 Å². The molecule has 16 heavy (non-hydrogen) atoms. The zero-order valence-electron chi connectivity index (χ0n) is 9.65. The summed E-state index contributed by atoms with van der Waals surface area (Å²) in [6.07, 6.45) is 1.39. The van der Waals surface area contributed by atoms with Crippen molar-refractivity contribution in [2.24, 2.45) is 0 Å². The van der Waals surface area contributed by atoms with Crippen LogP contribution in [0.2, 0.25) is 0 Å². The highest BCUT2D eigenvalue weighted by molar-refractivity contribution is 7.91. The van der Waals surface area contributed by atoms with Crippen LogP contribution in [0.4, 0.5) is 0 Å². The van der Waals surface area contributed by atoms with E-state index in [1.807, 2.05) is 13.8 Å². The Morgan fingerprint density at radius 2 is 2.12 bits per heavy atom. The Kier molecular flexibility index (Phi) is 4.85. The third kappa shape index (κ3) is 4.17. The SMILES string of the molecule is Cc1ncc(S(=O)(=O)NCCNC(C)C)s1. The van der Waals surface area contributed by atoms with Crippen LogP contribution in [-0.2, 0) is 10.0 Å². The smallest absolute Gasteiger partial charge is 0.251 e. The summed E-state index contributed by atoms with van der Waals surface area (Å²) in [7, 11) is -3.37. The minimum atomic E-state index is -3.37. The summed E-state index contributed by atoms with van der Waals surface area (Å²) in [6, 6.07) is 0.357. The average Bonchev–Trinajstić information content (AvgIpc) is 2.60. The number of sulfonamides is 1. The molecular formula is C9H17N3O2S2. The molecule has 0 aliphatic carbocycles. The highest BCUT2D eigenvalue weighted by Crippen LogP contribution is 2.16. The van der Waals surface area contributed by atoms with Crippen molar-refractivity contribution < 1.29 is 8.42 Å². The lowest BCUT2D eigenvalue weighted by Crippen LogP contribution is -2.34. The van der Waals surface area contributed by atoms with Crippen LogP contribution >= 0.6 is 11.3 Å². The summed E-state index contributed by atoms with van der Waals surface area (Å²) < 4.78 is 26.2. The minimum Gasteiger partial charge on any atom is -0.313 e. The topological polar surface area (TPSA) is 71.1 Å². The van der Waals surface area contributed by atoms with Crippen LogP contribution < -0.4 is 10.0 Å². The monoisotopic (exact) mass is 263 g/mol. The van der Waals surface area contributed by atoms with Crippen molar-refractivity contribution in [3.05, 3.63) is 11.2 Å². The van der Waals surface area contributed by atoms with Gasteiger partial charge in [0.15, 0.2) is 4.21 Å². The summed E-state index contributed by atoms with van der Waals surface area (Å²) in [5.41, 5.74) is 0. The Labute approximate surface area is 100 Å². The first-order valence-corrected chi connectivity index (χ1v) is 7.37. The van der Waals surface area contributed by atoms with Gasteiger partial charge in [0, 0.05) is 19.1 Å². The van der Waals surface area contributed by atoms with Gasteiger partial charge in [-0.1, -0.05) is 13.8 Å². The van der Waals surface area contributed by atoms with Crippen LogP contribution in [0.3, 0.4) is 0 Å². The number of hydrogen-bond acceptors (Lipinski definition) is 5. The highest BCUT2D eigenvalue weighted by Gasteiger charge is 2.15. The van der Waals surface area contributed by atoms with Gasteiger partial charge < -0.3 is 5.32 Å². The van der Waals surface area contributed by atoms with E-state index in [4.69, 9.17) is 0 Å². The number of aromatic nitrogens is 1. The average molecular weight is 263 g/mol. The van der Waals surface area contributed by atoms with Crippen molar-refractivity contribution in [2.45, 2.75) is 31.0 Å². The number of hydrogen-bond donors (Lipinski definition) is 2. The maximum absolute atomic E-state index is 11.7. The van der Waals surface area contributed by atoms with Gasteiger partial charge in [0.25, 0.3) is 10.0 Å². The van der Waals surface area contributed by atoms with Gasteiger partial charge in [0.05, 0.1) is 11.2 Å². The Bertz CT molecular complexity index is 426. The van der Waals surface area contributed by atoms with Crippen LogP contribution in [0.5, 0.6) is 0 Å². The molecule has 0 fully saturated rings. The van der Waals surface area contributed by atoms with Crippen molar-refractivity contribution in [3.63, 3.8) is 0 Å². The predicted octanol–water partition coefficient (Wildman–Crippen LogP) is 0.728. The first-order valence-electron chi connectivity index (χ1n) is 5.07. The molecule has 0 saturated heterocycles. The number of thiazole rings is 1. The van der Waals surface area contributed by atoms with E-state index in [1.54, 1.807) is 6.92 Å². The second-order valence-corrected chi connectivity index (χ2v) is 6.93. The number of nitrogens with one attached hydrogen (secondary N) is 2. The molecule has 1 rings (SSSR count). The molecule has 0 bridgehead atoms. The molecule has 0 amide bonds. The maximum atomic E-state index is 11.7. The summed E-state index contributed by atoms with van der Waals surface area (Å²) >= 11 is 1.18. The Balaban J connectivity index is 2.47. The van der Waals surface area contributed by atoms with Crippen molar-refractivity contribution >= 4 is 21.4 Å². The van der Waals surface area contributed by atoms with E-state index < -0.39 is 10.0 Å². The molecule has 0 unspecified atom stereocenters. The molecule has 0 aliphatic rings.